The lowest BCUT2D eigenvalue weighted by Gasteiger charge is -2.26. The van der Waals surface area contributed by atoms with Crippen molar-refractivity contribution in [1.29, 1.82) is 0 Å². The van der Waals surface area contributed by atoms with Gasteiger partial charge in [-0.3, -0.25) is 4.79 Å². The second-order valence-electron chi connectivity index (χ2n) is 6.10. The first-order valence-electron chi connectivity index (χ1n) is 8.12. The molecule has 2 aromatic carbocycles. The summed E-state index contributed by atoms with van der Waals surface area (Å²) in [5.41, 5.74) is 1.41. The molecule has 3 rings (SSSR count). The summed E-state index contributed by atoms with van der Waals surface area (Å²) in [6, 6.07) is 15.4. The number of para-hydroxylation sites is 2. The fraction of sp³-hybridized carbons (Fsp3) is 0.263. The molecule has 0 N–H and O–H groups in total. The van der Waals surface area contributed by atoms with Crippen LogP contribution in [0.1, 0.15) is 24.4 Å². The first-order valence-corrected chi connectivity index (χ1v) is 8.12. The first-order chi connectivity index (χ1) is 12.3. The normalized spacial score (nSPS) is 13.0. The molecule has 1 amide bonds. The van der Waals surface area contributed by atoms with E-state index in [0.29, 0.717) is 0 Å². The van der Waals surface area contributed by atoms with Crippen LogP contribution in [-0.4, -0.2) is 27.4 Å². The predicted octanol–water partition coefficient (Wildman–Crippen LogP) is 4.27. The summed E-state index contributed by atoms with van der Waals surface area (Å²) in [7, 11) is 1.59. The second-order valence-corrected chi connectivity index (χ2v) is 6.10. The van der Waals surface area contributed by atoms with E-state index in [1.54, 1.807) is 19.2 Å². The Bertz CT molecular complexity index is 919. The van der Waals surface area contributed by atoms with Crippen LogP contribution in [0.15, 0.2) is 54.6 Å². The molecule has 1 unspecified atom stereocenters. The molecule has 1 aromatic heterocycles. The summed E-state index contributed by atoms with van der Waals surface area (Å²) in [6.45, 7) is 1.41. The number of hydrogen-bond donors (Lipinski definition) is 0. The van der Waals surface area contributed by atoms with Crippen molar-refractivity contribution in [1.82, 2.24) is 14.5 Å². The fourth-order valence-electron chi connectivity index (χ4n) is 2.87. The van der Waals surface area contributed by atoms with E-state index in [0.717, 1.165) is 10.1 Å². The zero-order valence-corrected chi connectivity index (χ0v) is 14.4. The van der Waals surface area contributed by atoms with Gasteiger partial charge in [-0.05, 0) is 24.6 Å². The lowest BCUT2D eigenvalue weighted by molar-refractivity contribution is -0.148. The van der Waals surface area contributed by atoms with Gasteiger partial charge in [-0.15, -0.1) is 0 Å². The number of carbonyl (C=O) groups is 1. The van der Waals surface area contributed by atoms with E-state index in [9.17, 15) is 18.0 Å². The van der Waals surface area contributed by atoms with Crippen molar-refractivity contribution in [2.75, 3.05) is 7.05 Å². The van der Waals surface area contributed by atoms with Gasteiger partial charge in [-0.1, -0.05) is 42.5 Å². The molecule has 3 aromatic rings. The lowest BCUT2D eigenvalue weighted by Crippen LogP contribution is -2.33. The minimum Gasteiger partial charge on any atom is -0.337 e. The second kappa shape index (κ2) is 6.82. The maximum atomic E-state index is 13.4. The summed E-state index contributed by atoms with van der Waals surface area (Å²) in [5.74, 6) is -1.48. The van der Waals surface area contributed by atoms with Gasteiger partial charge in [0, 0.05) is 7.05 Å². The molecular weight excluding hydrogens is 343 g/mol. The van der Waals surface area contributed by atoms with E-state index in [1.165, 1.54) is 17.0 Å². The number of halogens is 3. The molecule has 26 heavy (non-hydrogen) atoms. The summed E-state index contributed by atoms with van der Waals surface area (Å²) in [6.07, 6.45) is -4.64. The zero-order chi connectivity index (χ0) is 18.9. The zero-order valence-electron chi connectivity index (χ0n) is 14.4. The SMILES string of the molecule is CC(c1ccccc1)N(C)C(=O)Cn1c(C(F)(F)F)nc2ccccc21. The Morgan fingerprint density at radius 1 is 1.12 bits per heavy atom. The van der Waals surface area contributed by atoms with Crippen molar-refractivity contribution >= 4 is 16.9 Å². The Balaban J connectivity index is 1.92. The molecule has 0 aliphatic carbocycles. The average Bonchev–Trinajstić information content (AvgIpc) is 3.00. The van der Waals surface area contributed by atoms with E-state index in [1.807, 2.05) is 37.3 Å². The van der Waals surface area contributed by atoms with Gasteiger partial charge in [0.2, 0.25) is 11.7 Å². The average molecular weight is 361 g/mol. The predicted molar refractivity (Wildman–Crippen MR) is 92.4 cm³/mol. The number of amides is 1. The number of hydrogen-bond acceptors (Lipinski definition) is 2. The summed E-state index contributed by atoms with van der Waals surface area (Å²) >= 11 is 0. The number of likely N-dealkylation sites (N-methyl/N-ethyl adjacent to an activating group) is 1. The van der Waals surface area contributed by atoms with Crippen molar-refractivity contribution < 1.29 is 18.0 Å². The number of benzene rings is 2. The van der Waals surface area contributed by atoms with Gasteiger partial charge in [-0.2, -0.15) is 13.2 Å². The van der Waals surface area contributed by atoms with Crippen LogP contribution in [0.2, 0.25) is 0 Å². The summed E-state index contributed by atoms with van der Waals surface area (Å²) in [5, 5.41) is 0. The Hall–Kier alpha value is -2.83. The number of nitrogens with zero attached hydrogens (tertiary/aromatic N) is 3. The van der Waals surface area contributed by atoms with Crippen LogP contribution >= 0.6 is 0 Å². The Morgan fingerprint density at radius 2 is 1.73 bits per heavy atom. The molecule has 0 radical (unpaired) electrons. The highest BCUT2D eigenvalue weighted by Gasteiger charge is 2.38. The lowest BCUT2D eigenvalue weighted by atomic mass is 10.1. The van der Waals surface area contributed by atoms with Crippen LogP contribution in [0.4, 0.5) is 13.2 Å². The number of aromatic nitrogens is 2. The highest BCUT2D eigenvalue weighted by molar-refractivity contribution is 5.81. The van der Waals surface area contributed by atoms with Crippen molar-refractivity contribution in [2.24, 2.45) is 0 Å². The first kappa shape index (κ1) is 18.0. The standard InChI is InChI=1S/C19H18F3N3O/c1-13(14-8-4-3-5-9-14)24(2)17(26)12-25-16-11-7-6-10-15(16)23-18(25)19(20,21)22/h3-11,13H,12H2,1-2H3. The number of imidazole rings is 1. The quantitative estimate of drug-likeness (QED) is 0.696. The van der Waals surface area contributed by atoms with Crippen LogP contribution < -0.4 is 0 Å². The van der Waals surface area contributed by atoms with Gasteiger partial charge in [0.15, 0.2) is 0 Å². The number of carbonyl (C=O) groups excluding carboxylic acids is 1. The molecule has 0 bridgehead atoms. The molecule has 1 heterocycles. The molecule has 0 saturated carbocycles. The van der Waals surface area contributed by atoms with Gasteiger partial charge < -0.3 is 9.47 Å². The maximum absolute atomic E-state index is 13.4. The minimum absolute atomic E-state index is 0.214. The molecule has 7 heteroatoms. The minimum atomic E-state index is -4.64. The third kappa shape index (κ3) is 3.42. The van der Waals surface area contributed by atoms with Crippen molar-refractivity contribution in [2.45, 2.75) is 25.7 Å². The van der Waals surface area contributed by atoms with Crippen LogP contribution in [-0.2, 0) is 17.5 Å². The molecule has 136 valence electrons. The van der Waals surface area contributed by atoms with Gasteiger partial charge in [0.1, 0.15) is 6.54 Å². The summed E-state index contributed by atoms with van der Waals surface area (Å²) < 4.78 is 41.0. The Kier molecular flexibility index (Phi) is 4.71. The van der Waals surface area contributed by atoms with Crippen LogP contribution in [0.25, 0.3) is 11.0 Å². The molecule has 0 fully saturated rings. The monoisotopic (exact) mass is 361 g/mol. The van der Waals surface area contributed by atoms with Crippen molar-refractivity contribution in [3.05, 3.63) is 66.0 Å². The van der Waals surface area contributed by atoms with Gasteiger partial charge in [0.05, 0.1) is 17.1 Å². The Morgan fingerprint density at radius 3 is 2.38 bits per heavy atom. The van der Waals surface area contributed by atoms with Gasteiger partial charge in [-0.25, -0.2) is 4.98 Å². The Labute approximate surface area is 148 Å². The smallest absolute Gasteiger partial charge is 0.337 e. The molecule has 0 spiro atoms. The molecule has 0 saturated heterocycles. The van der Waals surface area contributed by atoms with Crippen LogP contribution in [0.5, 0.6) is 0 Å². The summed E-state index contributed by atoms with van der Waals surface area (Å²) in [4.78, 5) is 17.8. The highest BCUT2D eigenvalue weighted by atomic mass is 19.4. The topological polar surface area (TPSA) is 38.1 Å². The van der Waals surface area contributed by atoms with Crippen molar-refractivity contribution in [3.63, 3.8) is 0 Å². The molecule has 1 atom stereocenters. The van der Waals surface area contributed by atoms with Crippen molar-refractivity contribution in [3.8, 4) is 0 Å². The molecule has 4 nitrogen and oxygen atoms in total. The van der Waals surface area contributed by atoms with Gasteiger partial charge in [0.25, 0.3) is 0 Å². The van der Waals surface area contributed by atoms with Gasteiger partial charge >= 0.3 is 6.18 Å². The van der Waals surface area contributed by atoms with E-state index < -0.39 is 24.5 Å². The number of rotatable bonds is 4. The van der Waals surface area contributed by atoms with Crippen LogP contribution in [0, 0.1) is 0 Å². The third-order valence-corrected chi connectivity index (χ3v) is 4.46. The maximum Gasteiger partial charge on any atom is 0.449 e. The number of alkyl halides is 3. The third-order valence-electron chi connectivity index (χ3n) is 4.46. The van der Waals surface area contributed by atoms with Crippen LogP contribution in [0.3, 0.4) is 0 Å². The largest absolute Gasteiger partial charge is 0.449 e. The molecular formula is C19H18F3N3O. The van der Waals surface area contributed by atoms with E-state index in [2.05, 4.69) is 4.98 Å². The van der Waals surface area contributed by atoms with E-state index in [-0.39, 0.29) is 17.1 Å². The highest BCUT2D eigenvalue weighted by Crippen LogP contribution is 2.31. The number of fused-ring (bicyclic) bond motifs is 1. The van der Waals surface area contributed by atoms with E-state index in [4.69, 9.17) is 0 Å². The fourth-order valence-corrected chi connectivity index (χ4v) is 2.87. The molecule has 0 aliphatic rings. The van der Waals surface area contributed by atoms with E-state index >= 15 is 0 Å². The molecule has 0 aliphatic heterocycles.